The number of nitrogens with one attached hydrogen (secondary N) is 1. The van der Waals surface area contributed by atoms with Crippen molar-refractivity contribution in [2.45, 2.75) is 0 Å². The molecule has 0 saturated carbocycles. The van der Waals surface area contributed by atoms with Gasteiger partial charge in [0.1, 0.15) is 0 Å². The number of anilines is 1. The maximum atomic E-state index is 11.2. The third-order valence-electron chi connectivity index (χ3n) is 1.50. The Morgan fingerprint density at radius 2 is 2.00 bits per heavy atom. The summed E-state index contributed by atoms with van der Waals surface area (Å²) < 4.78 is 0. The number of carbonyl (C=O) groups excluding carboxylic acids is 2. The maximum Gasteiger partial charge on any atom is 0.319 e. The van der Waals surface area contributed by atoms with E-state index in [0.717, 1.165) is 0 Å². The van der Waals surface area contributed by atoms with Crippen LogP contribution in [0.3, 0.4) is 0 Å². The highest BCUT2D eigenvalue weighted by atomic mass is 35.5. The Kier molecular flexibility index (Phi) is 2.93. The van der Waals surface area contributed by atoms with Gasteiger partial charge in [0.05, 0.1) is 10.7 Å². The first-order valence-electron chi connectivity index (χ1n) is 3.66. The molecule has 74 valence electrons. The number of imide groups is 1. The van der Waals surface area contributed by atoms with E-state index >= 15 is 0 Å². The predicted octanol–water partition coefficient (Wildman–Crippen LogP) is 0.731. The number of urea groups is 1. The quantitative estimate of drug-likeness (QED) is 0.600. The van der Waals surface area contributed by atoms with Gasteiger partial charge in [-0.1, -0.05) is 11.6 Å². The summed E-state index contributed by atoms with van der Waals surface area (Å²) in [5.74, 6) is -0.612. The summed E-state index contributed by atoms with van der Waals surface area (Å²) in [7, 11) is 0. The number of nitrogens with two attached hydrogens (primary N) is 2. The van der Waals surface area contributed by atoms with Crippen molar-refractivity contribution < 1.29 is 9.59 Å². The lowest BCUT2D eigenvalue weighted by Crippen LogP contribution is -2.34. The van der Waals surface area contributed by atoms with Crippen LogP contribution in [0.2, 0.25) is 5.02 Å². The first-order valence-corrected chi connectivity index (χ1v) is 4.04. The summed E-state index contributed by atoms with van der Waals surface area (Å²) in [6.07, 6.45) is 0. The van der Waals surface area contributed by atoms with Crippen molar-refractivity contribution in [1.82, 2.24) is 5.32 Å². The Morgan fingerprint density at radius 3 is 2.50 bits per heavy atom. The average molecular weight is 214 g/mol. The van der Waals surface area contributed by atoms with E-state index in [9.17, 15) is 9.59 Å². The molecule has 0 spiro atoms. The van der Waals surface area contributed by atoms with E-state index in [-0.39, 0.29) is 10.6 Å². The molecule has 0 aromatic heterocycles. The summed E-state index contributed by atoms with van der Waals surface area (Å²) in [6, 6.07) is 3.36. The number of carbonyl (C=O) groups is 2. The molecule has 0 unspecified atom stereocenters. The van der Waals surface area contributed by atoms with E-state index < -0.39 is 11.9 Å². The van der Waals surface area contributed by atoms with Crippen molar-refractivity contribution in [3.05, 3.63) is 28.8 Å². The molecule has 3 amide bonds. The third kappa shape index (κ3) is 2.37. The molecule has 1 rings (SSSR count). The first kappa shape index (κ1) is 10.3. The average Bonchev–Trinajstić information content (AvgIpc) is 2.08. The van der Waals surface area contributed by atoms with Crippen molar-refractivity contribution >= 4 is 29.2 Å². The number of hydrogen-bond acceptors (Lipinski definition) is 3. The van der Waals surface area contributed by atoms with Gasteiger partial charge < -0.3 is 11.5 Å². The Hall–Kier alpha value is -1.75. The zero-order chi connectivity index (χ0) is 10.7. The van der Waals surface area contributed by atoms with Crippen LogP contribution in [-0.4, -0.2) is 11.9 Å². The lowest BCUT2D eigenvalue weighted by Gasteiger charge is -2.02. The second kappa shape index (κ2) is 3.97. The molecule has 14 heavy (non-hydrogen) atoms. The molecule has 0 radical (unpaired) electrons. The van der Waals surface area contributed by atoms with Crippen LogP contribution < -0.4 is 16.8 Å². The van der Waals surface area contributed by atoms with E-state index in [2.05, 4.69) is 0 Å². The van der Waals surface area contributed by atoms with Gasteiger partial charge in [0.15, 0.2) is 0 Å². The summed E-state index contributed by atoms with van der Waals surface area (Å²) in [5, 5.41) is 2.16. The van der Waals surface area contributed by atoms with E-state index in [0.29, 0.717) is 5.69 Å². The highest BCUT2D eigenvalue weighted by molar-refractivity contribution is 6.33. The van der Waals surface area contributed by atoms with Gasteiger partial charge in [0, 0.05) is 5.56 Å². The van der Waals surface area contributed by atoms with Gasteiger partial charge >= 0.3 is 6.03 Å². The van der Waals surface area contributed by atoms with Gasteiger partial charge in [0.25, 0.3) is 5.91 Å². The van der Waals surface area contributed by atoms with Crippen molar-refractivity contribution in [3.63, 3.8) is 0 Å². The fourth-order valence-electron chi connectivity index (χ4n) is 0.852. The summed E-state index contributed by atoms with van der Waals surface area (Å²) in [4.78, 5) is 21.6. The SMILES string of the molecule is NC(=O)NC(=O)c1ccc(N)c(Cl)c1. The molecular formula is C8H8ClN3O2. The molecule has 6 heteroatoms. The van der Waals surface area contributed by atoms with E-state index in [4.69, 9.17) is 23.1 Å². The molecule has 0 fully saturated rings. The number of nitrogen functional groups attached to an aromatic ring is 1. The van der Waals surface area contributed by atoms with Gasteiger partial charge in [-0.3, -0.25) is 10.1 Å². The van der Waals surface area contributed by atoms with Crippen LogP contribution in [0, 0.1) is 0 Å². The van der Waals surface area contributed by atoms with E-state index in [1.807, 2.05) is 5.32 Å². The molecule has 5 N–H and O–H groups in total. The number of primary amides is 1. The fourth-order valence-corrected chi connectivity index (χ4v) is 1.03. The van der Waals surface area contributed by atoms with Crippen LogP contribution in [0.15, 0.2) is 18.2 Å². The molecule has 0 aliphatic heterocycles. The largest absolute Gasteiger partial charge is 0.398 e. The van der Waals surface area contributed by atoms with Crippen molar-refractivity contribution in [1.29, 1.82) is 0 Å². The highest BCUT2D eigenvalue weighted by Gasteiger charge is 2.08. The molecule has 0 aliphatic carbocycles. The molecule has 0 saturated heterocycles. The van der Waals surface area contributed by atoms with Crippen molar-refractivity contribution in [2.75, 3.05) is 5.73 Å². The van der Waals surface area contributed by atoms with Gasteiger partial charge in [-0.15, -0.1) is 0 Å². The zero-order valence-electron chi connectivity index (χ0n) is 7.08. The molecule has 1 aromatic rings. The predicted molar refractivity (Wildman–Crippen MR) is 52.9 cm³/mol. The monoisotopic (exact) mass is 213 g/mol. The molecule has 0 bridgehead atoms. The molecule has 1 aromatic carbocycles. The summed E-state index contributed by atoms with van der Waals surface area (Å²) >= 11 is 5.67. The molecule has 5 nitrogen and oxygen atoms in total. The standard InChI is InChI=1S/C8H8ClN3O2/c9-5-3-4(1-2-6(5)10)7(13)12-8(11)14/h1-3H,10H2,(H3,11,12,13,14). The lowest BCUT2D eigenvalue weighted by atomic mass is 10.2. The first-order chi connectivity index (χ1) is 6.50. The van der Waals surface area contributed by atoms with Gasteiger partial charge in [-0.2, -0.15) is 0 Å². The second-order valence-electron chi connectivity index (χ2n) is 2.55. The third-order valence-corrected chi connectivity index (χ3v) is 1.83. The van der Waals surface area contributed by atoms with Crippen LogP contribution in [0.25, 0.3) is 0 Å². The van der Waals surface area contributed by atoms with Crippen molar-refractivity contribution in [3.8, 4) is 0 Å². The normalized spacial score (nSPS) is 9.50. The lowest BCUT2D eigenvalue weighted by molar-refractivity contribution is 0.0966. The van der Waals surface area contributed by atoms with Crippen LogP contribution >= 0.6 is 11.6 Å². The number of halogens is 1. The van der Waals surface area contributed by atoms with Gasteiger partial charge in [-0.05, 0) is 18.2 Å². The molecule has 0 heterocycles. The molecule has 0 aliphatic rings. The number of benzene rings is 1. The maximum absolute atomic E-state index is 11.2. The number of amides is 3. The Balaban J connectivity index is 2.91. The Bertz CT molecular complexity index is 392. The van der Waals surface area contributed by atoms with Crippen LogP contribution in [0.4, 0.5) is 10.5 Å². The van der Waals surface area contributed by atoms with Gasteiger partial charge in [-0.25, -0.2) is 4.79 Å². The topological polar surface area (TPSA) is 98.2 Å². The van der Waals surface area contributed by atoms with Crippen LogP contribution in [0.5, 0.6) is 0 Å². The minimum absolute atomic E-state index is 0.225. The zero-order valence-corrected chi connectivity index (χ0v) is 7.84. The molecule has 0 atom stereocenters. The minimum Gasteiger partial charge on any atom is -0.398 e. The highest BCUT2D eigenvalue weighted by Crippen LogP contribution is 2.19. The smallest absolute Gasteiger partial charge is 0.319 e. The number of rotatable bonds is 1. The van der Waals surface area contributed by atoms with E-state index in [1.165, 1.54) is 18.2 Å². The van der Waals surface area contributed by atoms with Crippen LogP contribution in [0.1, 0.15) is 10.4 Å². The Morgan fingerprint density at radius 1 is 1.36 bits per heavy atom. The summed E-state index contributed by atoms with van der Waals surface area (Å²) in [6.45, 7) is 0. The van der Waals surface area contributed by atoms with Crippen LogP contribution in [-0.2, 0) is 0 Å². The minimum atomic E-state index is -0.914. The number of hydrogen-bond donors (Lipinski definition) is 3. The fraction of sp³-hybridized carbons (Fsp3) is 0. The Labute approximate surface area is 85.0 Å². The van der Waals surface area contributed by atoms with Crippen molar-refractivity contribution in [2.24, 2.45) is 5.73 Å². The molecular weight excluding hydrogens is 206 g/mol. The summed E-state index contributed by atoms with van der Waals surface area (Å²) in [5.41, 5.74) is 10.8. The second-order valence-corrected chi connectivity index (χ2v) is 2.96. The van der Waals surface area contributed by atoms with Gasteiger partial charge in [0.2, 0.25) is 0 Å². The van der Waals surface area contributed by atoms with E-state index in [1.54, 1.807) is 0 Å².